The van der Waals surface area contributed by atoms with Crippen molar-refractivity contribution in [3.8, 4) is 0 Å². The molecule has 0 atom stereocenters. The minimum atomic E-state index is -1.08. The van der Waals surface area contributed by atoms with Gasteiger partial charge in [0.25, 0.3) is 0 Å². The number of carboxylic acid groups (broad SMARTS) is 2. The van der Waals surface area contributed by atoms with Gasteiger partial charge in [0, 0.05) is 11.6 Å². The van der Waals surface area contributed by atoms with E-state index in [1.165, 1.54) is 4.57 Å². The molecule has 1 aromatic carbocycles. The molecule has 7 heteroatoms. The average molecular weight is 278 g/mol. The van der Waals surface area contributed by atoms with Crippen molar-refractivity contribution in [2.75, 3.05) is 0 Å². The Morgan fingerprint density at radius 1 is 1.00 bits per heavy atom. The first-order chi connectivity index (χ1) is 9.41. The smallest absolute Gasteiger partial charge is 0.323 e. The molecular weight excluding hydrogens is 264 g/mol. The van der Waals surface area contributed by atoms with Crippen molar-refractivity contribution in [1.29, 1.82) is 0 Å². The fourth-order valence-corrected chi connectivity index (χ4v) is 1.49. The molecule has 0 aliphatic carbocycles. The quantitative estimate of drug-likeness (QED) is 0.785. The van der Waals surface area contributed by atoms with Gasteiger partial charge < -0.3 is 15.9 Å². The molecule has 0 radical (unpaired) electrons. The normalized spacial score (nSPS) is 9.60. The maximum atomic E-state index is 10.9. The van der Waals surface area contributed by atoms with Gasteiger partial charge in [-0.25, -0.2) is 4.79 Å². The molecule has 0 spiro atoms. The number of rotatable bonds is 3. The summed E-state index contributed by atoms with van der Waals surface area (Å²) < 4.78 is 1.43. The molecule has 7 nitrogen and oxygen atoms in total. The van der Waals surface area contributed by atoms with Crippen LogP contribution < -0.4 is 5.73 Å². The molecule has 4 N–H and O–H groups in total. The monoisotopic (exact) mass is 278 g/mol. The van der Waals surface area contributed by atoms with Crippen LogP contribution in [0.1, 0.15) is 12.8 Å². The molecule has 0 aliphatic heterocycles. The number of aliphatic carboxylic acids is 2. The van der Waals surface area contributed by atoms with Gasteiger partial charge in [-0.3, -0.25) is 14.2 Å². The zero-order chi connectivity index (χ0) is 15.1. The van der Waals surface area contributed by atoms with Crippen molar-refractivity contribution in [3.05, 3.63) is 36.5 Å². The molecule has 0 saturated heterocycles. The summed E-state index contributed by atoms with van der Waals surface area (Å²) in [5.74, 6) is -2.15. The summed E-state index contributed by atoms with van der Waals surface area (Å²) >= 11 is 0. The molecule has 1 amide bonds. The van der Waals surface area contributed by atoms with Gasteiger partial charge in [-0.2, -0.15) is 0 Å². The van der Waals surface area contributed by atoms with Crippen LogP contribution in [-0.2, 0) is 9.59 Å². The van der Waals surface area contributed by atoms with E-state index in [-0.39, 0.29) is 12.8 Å². The van der Waals surface area contributed by atoms with E-state index in [2.05, 4.69) is 0 Å². The summed E-state index contributed by atoms with van der Waals surface area (Å²) in [5, 5.41) is 16.8. The van der Waals surface area contributed by atoms with Gasteiger partial charge >= 0.3 is 18.0 Å². The predicted molar refractivity (Wildman–Crippen MR) is 71.4 cm³/mol. The average Bonchev–Trinajstić information content (AvgIpc) is 2.81. The highest BCUT2D eigenvalue weighted by Gasteiger charge is 2.02. The third-order valence-corrected chi connectivity index (χ3v) is 2.39. The van der Waals surface area contributed by atoms with Crippen LogP contribution in [0.3, 0.4) is 0 Å². The molecule has 0 fully saturated rings. The zero-order valence-corrected chi connectivity index (χ0v) is 10.5. The molecular formula is C13H14N2O5. The number of nitrogens with two attached hydrogens (primary N) is 1. The standard InChI is InChI=1S/C9H8N2O.C4H6O4/c10-9(12)11-6-5-7-3-1-2-4-8(7)11;5-3(6)1-2-4(7)8/h1-6H,(H2,10,12);1-2H2,(H,5,6)(H,7,8). The molecule has 0 saturated carbocycles. The fraction of sp³-hybridized carbons (Fsp3) is 0.154. The van der Waals surface area contributed by atoms with Gasteiger partial charge in [-0.15, -0.1) is 0 Å². The Morgan fingerprint density at radius 2 is 1.55 bits per heavy atom. The van der Waals surface area contributed by atoms with Crippen LogP contribution in [0.5, 0.6) is 0 Å². The molecule has 2 rings (SSSR count). The van der Waals surface area contributed by atoms with E-state index in [0.29, 0.717) is 0 Å². The number of carbonyl (C=O) groups excluding carboxylic acids is 1. The predicted octanol–water partition coefficient (Wildman–Crippen LogP) is 1.50. The topological polar surface area (TPSA) is 123 Å². The Morgan fingerprint density at radius 3 is 2.05 bits per heavy atom. The zero-order valence-electron chi connectivity index (χ0n) is 10.5. The highest BCUT2D eigenvalue weighted by molar-refractivity contribution is 5.90. The van der Waals surface area contributed by atoms with Crippen LogP contribution in [0.4, 0.5) is 4.79 Å². The molecule has 2 aromatic rings. The Bertz CT molecular complexity index is 618. The first-order valence-corrected chi connectivity index (χ1v) is 5.71. The summed E-state index contributed by atoms with van der Waals surface area (Å²) in [5.41, 5.74) is 6.00. The molecule has 0 bridgehead atoms. The number of nitrogens with zero attached hydrogens (tertiary/aromatic N) is 1. The number of hydrogen-bond acceptors (Lipinski definition) is 3. The van der Waals surface area contributed by atoms with Gasteiger partial charge in [0.2, 0.25) is 0 Å². The highest BCUT2D eigenvalue weighted by atomic mass is 16.4. The van der Waals surface area contributed by atoms with E-state index in [9.17, 15) is 14.4 Å². The van der Waals surface area contributed by atoms with E-state index in [1.54, 1.807) is 6.20 Å². The number of aromatic nitrogens is 1. The second-order valence-corrected chi connectivity index (χ2v) is 3.87. The minimum Gasteiger partial charge on any atom is -0.481 e. The molecule has 106 valence electrons. The van der Waals surface area contributed by atoms with Crippen molar-refractivity contribution in [1.82, 2.24) is 4.57 Å². The van der Waals surface area contributed by atoms with Crippen LogP contribution >= 0.6 is 0 Å². The Labute approximate surface area is 114 Å². The summed E-state index contributed by atoms with van der Waals surface area (Å²) in [4.78, 5) is 30.1. The second kappa shape index (κ2) is 6.93. The Hall–Kier alpha value is -2.83. The van der Waals surface area contributed by atoms with Crippen molar-refractivity contribution in [2.45, 2.75) is 12.8 Å². The Kier molecular flexibility index (Phi) is 5.28. The van der Waals surface area contributed by atoms with Gasteiger partial charge in [-0.1, -0.05) is 18.2 Å². The van der Waals surface area contributed by atoms with Crippen LogP contribution in [-0.4, -0.2) is 32.7 Å². The van der Waals surface area contributed by atoms with Crippen molar-refractivity contribution in [2.24, 2.45) is 5.73 Å². The lowest BCUT2D eigenvalue weighted by atomic mass is 10.2. The summed E-state index contributed by atoms with van der Waals surface area (Å²) in [6.07, 6.45) is 1.08. The molecule has 1 heterocycles. The fourth-order valence-electron chi connectivity index (χ4n) is 1.49. The third-order valence-electron chi connectivity index (χ3n) is 2.39. The van der Waals surface area contributed by atoms with E-state index in [1.807, 2.05) is 30.3 Å². The highest BCUT2D eigenvalue weighted by Crippen LogP contribution is 2.13. The minimum absolute atomic E-state index is 0.296. The summed E-state index contributed by atoms with van der Waals surface area (Å²) in [6.45, 7) is 0. The van der Waals surface area contributed by atoms with E-state index in [0.717, 1.165) is 10.9 Å². The maximum absolute atomic E-state index is 10.9. The van der Waals surface area contributed by atoms with Crippen LogP contribution in [0.15, 0.2) is 36.5 Å². The lowest BCUT2D eigenvalue weighted by Gasteiger charge is -1.96. The third kappa shape index (κ3) is 4.45. The van der Waals surface area contributed by atoms with Crippen molar-refractivity contribution in [3.63, 3.8) is 0 Å². The molecule has 1 aromatic heterocycles. The molecule has 0 unspecified atom stereocenters. The number of primary amides is 1. The van der Waals surface area contributed by atoms with E-state index >= 15 is 0 Å². The largest absolute Gasteiger partial charge is 0.481 e. The van der Waals surface area contributed by atoms with Crippen LogP contribution in [0.25, 0.3) is 10.9 Å². The van der Waals surface area contributed by atoms with Crippen molar-refractivity contribution >= 4 is 28.9 Å². The summed E-state index contributed by atoms with van der Waals surface area (Å²) in [7, 11) is 0. The first kappa shape index (κ1) is 15.2. The number of fused-ring (bicyclic) bond motifs is 1. The second-order valence-electron chi connectivity index (χ2n) is 3.87. The summed E-state index contributed by atoms with van der Waals surface area (Å²) in [6, 6.07) is 9.01. The number of carbonyl (C=O) groups is 3. The van der Waals surface area contributed by atoms with Gasteiger partial charge in [0.05, 0.1) is 18.4 Å². The number of carboxylic acids is 2. The maximum Gasteiger partial charge on any atom is 0.323 e. The Balaban J connectivity index is 0.000000221. The lowest BCUT2D eigenvalue weighted by Crippen LogP contribution is -2.17. The van der Waals surface area contributed by atoms with E-state index < -0.39 is 18.0 Å². The molecule has 0 aliphatic rings. The lowest BCUT2D eigenvalue weighted by molar-refractivity contribution is -0.143. The van der Waals surface area contributed by atoms with Gasteiger partial charge in [0.1, 0.15) is 0 Å². The SMILES string of the molecule is NC(=O)n1ccc2ccccc21.O=C(O)CCC(=O)O. The van der Waals surface area contributed by atoms with Crippen molar-refractivity contribution < 1.29 is 24.6 Å². The number of para-hydroxylation sites is 1. The number of benzene rings is 1. The van der Waals surface area contributed by atoms with Gasteiger partial charge in [0.15, 0.2) is 0 Å². The number of amides is 1. The number of hydrogen-bond donors (Lipinski definition) is 3. The van der Waals surface area contributed by atoms with Crippen LogP contribution in [0.2, 0.25) is 0 Å². The van der Waals surface area contributed by atoms with E-state index in [4.69, 9.17) is 15.9 Å². The van der Waals surface area contributed by atoms with Crippen LogP contribution in [0, 0.1) is 0 Å². The molecule has 20 heavy (non-hydrogen) atoms. The van der Waals surface area contributed by atoms with Gasteiger partial charge in [-0.05, 0) is 12.1 Å². The first-order valence-electron chi connectivity index (χ1n) is 5.71.